The van der Waals surface area contributed by atoms with Crippen molar-refractivity contribution in [3.8, 4) is 0 Å². The van der Waals surface area contributed by atoms with Crippen LogP contribution in [0.1, 0.15) is 6.92 Å². The first-order valence-corrected chi connectivity index (χ1v) is 33.3. The first-order valence-electron chi connectivity index (χ1n) is 33.3. The van der Waals surface area contributed by atoms with Gasteiger partial charge in [0.1, 0.15) is 220 Å². The Morgan fingerprint density at radius 3 is 0.933 bits per heavy atom. The molecular weight excluding hydrogens is 1440 g/mol. The Labute approximate surface area is 587 Å². The highest BCUT2D eigenvalue weighted by atomic mass is 16.8. The Morgan fingerprint density at radius 2 is 0.510 bits per heavy atom. The molecule has 47 heteroatoms. The number of rotatable bonds is 24. The summed E-state index contributed by atoms with van der Waals surface area (Å²) in [5.41, 5.74) is 0. The molecule has 104 heavy (non-hydrogen) atoms. The van der Waals surface area contributed by atoms with Gasteiger partial charge in [-0.1, -0.05) is 0 Å². The third-order valence-electron chi connectivity index (χ3n) is 19.6. The Hall–Kier alpha value is -1.88. The molecule has 0 radical (unpaired) electrons. The van der Waals surface area contributed by atoms with Crippen molar-refractivity contribution in [2.75, 3.05) is 59.5 Å². The summed E-state index contributed by atoms with van der Waals surface area (Å²) in [5.74, 6) is 0. The standard InChI is InChI=1S/C57H96O47/c1-11-21(64)27(70)37(80)51(92-11)103-47-29(72)26(69)16(3-59)95-57(47)104-46-24(67)14(63)7-88-56(46)91-10-20-45(31(74)39(82)53(98-20)99-42-17(4-60)93-48(85)34(77)30(42)73)102-55-41(84)33(76)44(19(97-55)9-90-50-36(79)23(66)13(62)6-87-50)101-54-40(83)32(75)43(100-52-38(81)28(71)25(68)15(2-58)94-52)18(96-54)8-89-49-35(78)22(65)12(61)5-86-49/h11-85H,2-10H2,1H3/t11-,12+,13+,14+,15+,16+,17+,18+,19+,20+,21+,22-,23-,24-,25+,26-,27+,28-,29-,30+,31+,32+,33+,34+,35+,36+,37-,38+,39+,40+,41+,42+,43+,44+,45+,46+,47+,48?,49+,50+,51-,52-,53-,54-,55-,56+,57-/m0/s1. The molecule has 10 aliphatic heterocycles. The van der Waals surface area contributed by atoms with Gasteiger partial charge in [-0.25, -0.2) is 0 Å². The quantitative estimate of drug-likeness (QED) is 0.0427. The van der Waals surface area contributed by atoms with Crippen LogP contribution >= 0.6 is 0 Å². The Balaban J connectivity index is 0.935. The molecule has 0 aliphatic carbocycles. The van der Waals surface area contributed by atoms with E-state index in [0.717, 1.165) is 0 Å². The minimum atomic E-state index is -2.52. The van der Waals surface area contributed by atoms with Crippen LogP contribution < -0.4 is 0 Å². The van der Waals surface area contributed by atoms with E-state index in [0.29, 0.717) is 0 Å². The predicted octanol–water partition coefficient (Wildman–Crippen LogP) is -19.9. The summed E-state index contributed by atoms with van der Waals surface area (Å²) in [6, 6.07) is 0. The van der Waals surface area contributed by atoms with Gasteiger partial charge >= 0.3 is 0 Å². The van der Waals surface area contributed by atoms with E-state index >= 15 is 0 Å². The van der Waals surface area contributed by atoms with E-state index in [1.54, 1.807) is 0 Å². The van der Waals surface area contributed by atoms with Gasteiger partial charge in [0.2, 0.25) is 0 Å². The van der Waals surface area contributed by atoms with Gasteiger partial charge in [-0.2, -0.15) is 0 Å². The van der Waals surface area contributed by atoms with Gasteiger partial charge in [-0.3, -0.25) is 0 Å². The Morgan fingerprint density at radius 1 is 0.231 bits per heavy atom. The first-order chi connectivity index (χ1) is 49.2. The van der Waals surface area contributed by atoms with E-state index in [-0.39, 0.29) is 0 Å². The molecule has 0 saturated carbocycles. The Bertz CT molecular complexity index is 2600. The van der Waals surface area contributed by atoms with Crippen LogP contribution in [0, 0.1) is 0 Å². The molecule has 0 aromatic rings. The summed E-state index contributed by atoms with van der Waals surface area (Å²) >= 11 is 0. The molecule has 10 saturated heterocycles. The topological polar surface area (TPSA) is 742 Å². The van der Waals surface area contributed by atoms with Crippen LogP contribution in [-0.4, -0.2) is 491 Å². The normalized spacial score (nSPS) is 54.4. The molecule has 0 amide bonds. The van der Waals surface area contributed by atoms with Gasteiger partial charge in [0.25, 0.3) is 0 Å². The van der Waals surface area contributed by atoms with Gasteiger partial charge < -0.3 is 233 Å². The van der Waals surface area contributed by atoms with E-state index in [4.69, 9.17) is 90.0 Å². The summed E-state index contributed by atoms with van der Waals surface area (Å²) in [5, 5.41) is 305. The van der Waals surface area contributed by atoms with Gasteiger partial charge in [-0.15, -0.1) is 0 Å². The summed E-state index contributed by atoms with van der Waals surface area (Å²) < 4.78 is 110. The SMILES string of the molecule is C[C@@H]1O[C@@H](O[C@H]2[C@H](O[C@H]3[C@@H](OC[C@H]4O[C@@H](O[C@H]5[C@H](O)[C@@H](O)C(O)O[C@@H]5CO)[C@H](O)[C@@H](O)[C@@H]4O[C@@H]4O[C@H](CO[C@H]5OC[C@@H](O)[C@H](O)[C@H]5O)[C@@H](O[C@@H]5O[C@H](CO[C@H]6OC[C@@H](O)[C@H](O)[C@H]6O)[C@@H](O[C@@H]6O[C@H](CO)[C@@H](O)[C@H](O)[C@H]6O)[C@H](O)[C@H]5O)[C@H](O)[C@H]4O)OC[C@@H](O)[C@@H]3O)O[C@H](CO)[C@H](O)[C@@H]2O)[C@@H](O)[C@H](O)[C@@H]1O. The van der Waals surface area contributed by atoms with Crippen molar-refractivity contribution < 1.29 is 233 Å². The van der Waals surface area contributed by atoms with E-state index in [9.17, 15) is 143 Å². The van der Waals surface area contributed by atoms with Crippen LogP contribution in [0.2, 0.25) is 0 Å². The van der Waals surface area contributed by atoms with Crippen molar-refractivity contribution in [1.29, 1.82) is 0 Å². The number of aliphatic hydroxyl groups excluding tert-OH is 28. The van der Waals surface area contributed by atoms with E-state index < -0.39 is 348 Å². The third-order valence-corrected chi connectivity index (χ3v) is 19.6. The summed E-state index contributed by atoms with van der Waals surface area (Å²) in [6.45, 7) is -6.91. The molecule has 10 fully saturated rings. The van der Waals surface area contributed by atoms with Crippen LogP contribution in [0.15, 0.2) is 0 Å². The van der Waals surface area contributed by atoms with Crippen molar-refractivity contribution in [1.82, 2.24) is 0 Å². The second-order valence-electron chi connectivity index (χ2n) is 26.8. The summed E-state index contributed by atoms with van der Waals surface area (Å²) in [6.07, 6.45) is -95.5. The van der Waals surface area contributed by atoms with E-state index in [2.05, 4.69) is 0 Å². The highest BCUT2D eigenvalue weighted by molar-refractivity contribution is 5.02. The molecule has 0 aromatic heterocycles. The lowest BCUT2D eigenvalue weighted by Crippen LogP contribution is -2.68. The fourth-order valence-electron chi connectivity index (χ4n) is 13.2. The van der Waals surface area contributed by atoms with Crippen molar-refractivity contribution >= 4 is 0 Å². The Kier molecular flexibility index (Phi) is 29.5. The molecule has 28 N–H and O–H groups in total. The van der Waals surface area contributed by atoms with E-state index in [1.165, 1.54) is 6.92 Å². The van der Waals surface area contributed by atoms with Crippen LogP contribution in [0.25, 0.3) is 0 Å². The zero-order valence-corrected chi connectivity index (χ0v) is 54.8. The van der Waals surface area contributed by atoms with Gasteiger partial charge in [-0.05, 0) is 6.92 Å². The van der Waals surface area contributed by atoms with Gasteiger partial charge in [0, 0.05) is 0 Å². The van der Waals surface area contributed by atoms with Crippen molar-refractivity contribution in [3.63, 3.8) is 0 Å². The van der Waals surface area contributed by atoms with Crippen molar-refractivity contribution in [2.45, 2.75) is 296 Å². The van der Waals surface area contributed by atoms with E-state index in [1.807, 2.05) is 0 Å². The number of hydrogen-bond donors (Lipinski definition) is 28. The average Bonchev–Trinajstić information content (AvgIpc) is 0.785. The minimum Gasteiger partial charge on any atom is -0.394 e. The zero-order chi connectivity index (χ0) is 75.9. The van der Waals surface area contributed by atoms with Gasteiger partial charge in [0.15, 0.2) is 62.9 Å². The average molecular weight is 1530 g/mol. The lowest BCUT2D eigenvalue weighted by molar-refractivity contribution is -0.401. The second kappa shape index (κ2) is 36.3. The third kappa shape index (κ3) is 17.9. The highest BCUT2D eigenvalue weighted by Gasteiger charge is 2.60. The van der Waals surface area contributed by atoms with Crippen molar-refractivity contribution in [3.05, 3.63) is 0 Å². The smallest absolute Gasteiger partial charge is 0.187 e. The molecule has 47 nitrogen and oxygen atoms in total. The fourth-order valence-corrected chi connectivity index (χ4v) is 13.2. The first kappa shape index (κ1) is 84.6. The fraction of sp³-hybridized carbons (Fsp3) is 1.00. The lowest BCUT2D eigenvalue weighted by Gasteiger charge is -2.50. The van der Waals surface area contributed by atoms with Crippen LogP contribution in [0.5, 0.6) is 0 Å². The summed E-state index contributed by atoms with van der Waals surface area (Å²) in [7, 11) is 0. The monoisotopic (exact) mass is 1530 g/mol. The molecule has 0 spiro atoms. The number of hydrogen-bond acceptors (Lipinski definition) is 47. The maximum atomic E-state index is 12.2. The molecular formula is C57H96O47. The van der Waals surface area contributed by atoms with Crippen LogP contribution in [0.4, 0.5) is 0 Å². The van der Waals surface area contributed by atoms with Gasteiger partial charge in [0.05, 0.1) is 65.6 Å². The maximum absolute atomic E-state index is 12.2. The number of ether oxygens (including phenoxy) is 19. The molecule has 0 bridgehead atoms. The highest BCUT2D eigenvalue weighted by Crippen LogP contribution is 2.39. The largest absolute Gasteiger partial charge is 0.394 e. The minimum absolute atomic E-state index is 0.607. The number of aliphatic hydroxyl groups is 28. The van der Waals surface area contributed by atoms with Crippen molar-refractivity contribution in [2.24, 2.45) is 0 Å². The molecule has 1 unspecified atom stereocenters. The maximum Gasteiger partial charge on any atom is 0.187 e. The zero-order valence-electron chi connectivity index (χ0n) is 54.8. The molecule has 0 aromatic carbocycles. The molecule has 606 valence electrons. The van der Waals surface area contributed by atoms with Crippen LogP contribution in [-0.2, 0) is 90.0 Å². The predicted molar refractivity (Wildman–Crippen MR) is 310 cm³/mol. The second-order valence-corrected chi connectivity index (χ2v) is 26.8. The molecule has 10 rings (SSSR count). The van der Waals surface area contributed by atoms with Crippen LogP contribution in [0.3, 0.4) is 0 Å². The summed E-state index contributed by atoms with van der Waals surface area (Å²) in [4.78, 5) is 0. The lowest BCUT2D eigenvalue weighted by atomic mass is 9.95. The molecule has 47 atom stereocenters. The molecule has 10 aliphatic rings. The molecule has 10 heterocycles.